The summed E-state index contributed by atoms with van der Waals surface area (Å²) >= 11 is 0. The van der Waals surface area contributed by atoms with Gasteiger partial charge in [0.1, 0.15) is 6.04 Å². The van der Waals surface area contributed by atoms with Gasteiger partial charge in [0.15, 0.2) is 12.4 Å². The highest BCUT2D eigenvalue weighted by atomic mass is 16.5. The SMILES string of the molecule is NC(=O)[C@H]1CCCCN1C(=O)COC(=O)c1ccc(C(=O)c2ccccc2)cc1. The van der Waals surface area contributed by atoms with Gasteiger partial charge < -0.3 is 15.4 Å². The van der Waals surface area contributed by atoms with Crippen molar-refractivity contribution in [1.82, 2.24) is 4.90 Å². The van der Waals surface area contributed by atoms with Crippen molar-refractivity contribution in [2.75, 3.05) is 13.2 Å². The van der Waals surface area contributed by atoms with Crippen LogP contribution in [0.2, 0.25) is 0 Å². The van der Waals surface area contributed by atoms with Crippen LogP contribution in [0.1, 0.15) is 45.5 Å². The largest absolute Gasteiger partial charge is 0.452 e. The van der Waals surface area contributed by atoms with Gasteiger partial charge in [0.05, 0.1) is 5.56 Å². The predicted octanol–water partition coefficient (Wildman–Crippen LogP) is 1.94. The number of piperidine rings is 1. The van der Waals surface area contributed by atoms with Gasteiger partial charge in [0.2, 0.25) is 5.91 Å². The van der Waals surface area contributed by atoms with E-state index in [2.05, 4.69) is 0 Å². The molecule has 2 amide bonds. The number of amides is 2. The van der Waals surface area contributed by atoms with E-state index in [1.807, 2.05) is 6.07 Å². The number of nitrogens with two attached hydrogens (primary N) is 1. The number of esters is 1. The summed E-state index contributed by atoms with van der Waals surface area (Å²) in [4.78, 5) is 49.9. The fourth-order valence-electron chi connectivity index (χ4n) is 3.33. The summed E-state index contributed by atoms with van der Waals surface area (Å²) < 4.78 is 5.09. The molecule has 29 heavy (non-hydrogen) atoms. The van der Waals surface area contributed by atoms with E-state index in [1.54, 1.807) is 36.4 Å². The second-order valence-electron chi connectivity index (χ2n) is 6.85. The van der Waals surface area contributed by atoms with Gasteiger partial charge in [-0.05, 0) is 31.4 Å². The van der Waals surface area contributed by atoms with Crippen molar-refractivity contribution in [1.29, 1.82) is 0 Å². The number of carbonyl (C=O) groups is 4. The molecule has 2 N–H and O–H groups in total. The Morgan fingerprint density at radius 2 is 1.52 bits per heavy atom. The average molecular weight is 394 g/mol. The molecule has 0 aromatic heterocycles. The molecule has 1 heterocycles. The first kappa shape index (κ1) is 20.3. The molecule has 7 heteroatoms. The van der Waals surface area contributed by atoms with Crippen LogP contribution in [0.5, 0.6) is 0 Å². The summed E-state index contributed by atoms with van der Waals surface area (Å²) in [5.74, 6) is -1.83. The maximum Gasteiger partial charge on any atom is 0.338 e. The molecule has 0 unspecified atom stereocenters. The number of hydrogen-bond donors (Lipinski definition) is 1. The third-order valence-electron chi connectivity index (χ3n) is 4.90. The van der Waals surface area contributed by atoms with E-state index < -0.39 is 30.4 Å². The second kappa shape index (κ2) is 9.14. The molecule has 1 aliphatic rings. The van der Waals surface area contributed by atoms with E-state index in [0.717, 1.165) is 12.8 Å². The molecule has 2 aromatic rings. The van der Waals surface area contributed by atoms with Crippen LogP contribution in [0.25, 0.3) is 0 Å². The molecular weight excluding hydrogens is 372 g/mol. The minimum absolute atomic E-state index is 0.150. The topological polar surface area (TPSA) is 107 Å². The molecule has 7 nitrogen and oxygen atoms in total. The molecule has 150 valence electrons. The number of ketones is 1. The predicted molar refractivity (Wildman–Crippen MR) is 105 cm³/mol. The third kappa shape index (κ3) is 4.87. The lowest BCUT2D eigenvalue weighted by molar-refractivity contribution is -0.143. The van der Waals surface area contributed by atoms with Crippen LogP contribution < -0.4 is 5.73 Å². The third-order valence-corrected chi connectivity index (χ3v) is 4.90. The summed E-state index contributed by atoms with van der Waals surface area (Å²) in [5.41, 5.74) is 6.58. The number of likely N-dealkylation sites (tertiary alicyclic amines) is 1. The highest BCUT2D eigenvalue weighted by Gasteiger charge is 2.31. The summed E-state index contributed by atoms with van der Waals surface area (Å²) in [6.45, 7) is -0.0480. The van der Waals surface area contributed by atoms with Crippen molar-refractivity contribution in [3.8, 4) is 0 Å². The van der Waals surface area contributed by atoms with Crippen molar-refractivity contribution in [3.05, 3.63) is 71.3 Å². The van der Waals surface area contributed by atoms with Gasteiger partial charge >= 0.3 is 5.97 Å². The van der Waals surface area contributed by atoms with Crippen LogP contribution in [0, 0.1) is 0 Å². The van der Waals surface area contributed by atoms with E-state index in [1.165, 1.54) is 17.0 Å². The van der Waals surface area contributed by atoms with Gasteiger partial charge in [0.25, 0.3) is 5.91 Å². The number of nitrogens with zero attached hydrogens (tertiary/aromatic N) is 1. The zero-order chi connectivity index (χ0) is 20.8. The Hall–Kier alpha value is -3.48. The molecular formula is C22H22N2O5. The van der Waals surface area contributed by atoms with Crippen molar-refractivity contribution < 1.29 is 23.9 Å². The Morgan fingerprint density at radius 1 is 0.897 bits per heavy atom. The van der Waals surface area contributed by atoms with Gasteiger partial charge in [-0.25, -0.2) is 4.79 Å². The number of benzene rings is 2. The Balaban J connectivity index is 1.59. The molecule has 2 aromatic carbocycles. The molecule has 3 rings (SSSR count). The van der Waals surface area contributed by atoms with E-state index in [9.17, 15) is 19.2 Å². The number of hydrogen-bond acceptors (Lipinski definition) is 5. The molecule has 0 saturated carbocycles. The van der Waals surface area contributed by atoms with Gasteiger partial charge in [-0.15, -0.1) is 0 Å². The quantitative estimate of drug-likeness (QED) is 0.595. The normalized spacial score (nSPS) is 16.1. The van der Waals surface area contributed by atoms with Gasteiger partial charge in [0, 0.05) is 17.7 Å². The van der Waals surface area contributed by atoms with Crippen LogP contribution in [0.3, 0.4) is 0 Å². The minimum Gasteiger partial charge on any atom is -0.452 e. The molecule has 0 aliphatic carbocycles. The monoisotopic (exact) mass is 394 g/mol. The first-order valence-electron chi connectivity index (χ1n) is 9.43. The fraction of sp³-hybridized carbons (Fsp3) is 0.273. The summed E-state index contributed by atoms with van der Waals surface area (Å²) in [7, 11) is 0. The average Bonchev–Trinajstić information content (AvgIpc) is 2.77. The van der Waals surface area contributed by atoms with Crippen molar-refractivity contribution in [3.63, 3.8) is 0 Å². The number of rotatable bonds is 6. The Bertz CT molecular complexity index is 909. The number of carbonyl (C=O) groups excluding carboxylic acids is 4. The molecule has 1 aliphatic heterocycles. The summed E-state index contributed by atoms with van der Waals surface area (Å²) in [6.07, 6.45) is 2.12. The molecule has 0 bridgehead atoms. The van der Waals surface area contributed by atoms with Gasteiger partial charge in [-0.3, -0.25) is 14.4 Å². The summed E-state index contributed by atoms with van der Waals surface area (Å²) in [6, 6.07) is 14.2. The fourth-order valence-corrected chi connectivity index (χ4v) is 3.33. The zero-order valence-corrected chi connectivity index (χ0v) is 15.9. The van der Waals surface area contributed by atoms with Crippen molar-refractivity contribution in [2.24, 2.45) is 5.73 Å². The molecule has 1 atom stereocenters. The van der Waals surface area contributed by atoms with Crippen LogP contribution in [-0.2, 0) is 14.3 Å². The first-order valence-corrected chi connectivity index (χ1v) is 9.43. The van der Waals surface area contributed by atoms with E-state index in [-0.39, 0.29) is 11.3 Å². The minimum atomic E-state index is -0.676. The smallest absolute Gasteiger partial charge is 0.338 e. The number of ether oxygens (including phenoxy) is 1. The van der Waals surface area contributed by atoms with E-state index >= 15 is 0 Å². The van der Waals surface area contributed by atoms with E-state index in [0.29, 0.717) is 24.1 Å². The summed E-state index contributed by atoms with van der Waals surface area (Å²) in [5, 5.41) is 0. The maximum absolute atomic E-state index is 12.4. The number of primary amides is 1. The highest BCUT2D eigenvalue weighted by molar-refractivity contribution is 6.09. The molecule has 1 fully saturated rings. The van der Waals surface area contributed by atoms with Crippen molar-refractivity contribution in [2.45, 2.75) is 25.3 Å². The molecule has 0 radical (unpaired) electrons. The molecule has 1 saturated heterocycles. The van der Waals surface area contributed by atoms with Gasteiger partial charge in [-0.2, -0.15) is 0 Å². The lowest BCUT2D eigenvalue weighted by atomic mass is 10.0. The second-order valence-corrected chi connectivity index (χ2v) is 6.85. The van der Waals surface area contributed by atoms with Crippen LogP contribution in [0.15, 0.2) is 54.6 Å². The Kier molecular flexibility index (Phi) is 6.39. The highest BCUT2D eigenvalue weighted by Crippen LogP contribution is 2.17. The van der Waals surface area contributed by atoms with Crippen LogP contribution in [-0.4, -0.2) is 47.7 Å². The standard InChI is InChI=1S/C22H22N2O5/c23-21(27)18-8-4-5-13-24(18)19(25)14-29-22(28)17-11-9-16(10-12-17)20(26)15-6-2-1-3-7-15/h1-3,6-7,9-12,18H,4-5,8,13-14H2,(H2,23,27)/t18-/m1/s1. The van der Waals surface area contributed by atoms with Crippen molar-refractivity contribution >= 4 is 23.6 Å². The van der Waals surface area contributed by atoms with Gasteiger partial charge in [-0.1, -0.05) is 42.5 Å². The van der Waals surface area contributed by atoms with Crippen LogP contribution >= 0.6 is 0 Å². The molecule has 0 spiro atoms. The lowest BCUT2D eigenvalue weighted by Crippen LogP contribution is -2.51. The lowest BCUT2D eigenvalue weighted by Gasteiger charge is -2.33. The Morgan fingerprint density at radius 3 is 2.17 bits per heavy atom. The maximum atomic E-state index is 12.4. The Labute approximate surface area is 168 Å². The zero-order valence-electron chi connectivity index (χ0n) is 15.9. The van der Waals surface area contributed by atoms with E-state index in [4.69, 9.17) is 10.5 Å². The van der Waals surface area contributed by atoms with Crippen LogP contribution in [0.4, 0.5) is 0 Å². The first-order chi connectivity index (χ1) is 14.0.